The lowest BCUT2D eigenvalue weighted by atomic mass is 10.0. The third-order valence-corrected chi connectivity index (χ3v) is 5.12. The molecule has 1 N–H and O–H groups in total. The van der Waals surface area contributed by atoms with Crippen LogP contribution in [-0.4, -0.2) is 17.1 Å². The molecule has 1 heterocycles. The maximum Gasteiger partial charge on any atom is 0.138 e. The smallest absolute Gasteiger partial charge is 0.138 e. The van der Waals surface area contributed by atoms with Crippen molar-refractivity contribution >= 4 is 11.0 Å². The number of nitrogens with one attached hydrogen (secondary N) is 1. The summed E-state index contributed by atoms with van der Waals surface area (Å²) in [6.07, 6.45) is 0. The number of para-hydroxylation sites is 2. The Hall–Kier alpha value is -3.27. The minimum absolute atomic E-state index is 0.398. The zero-order valence-electron chi connectivity index (χ0n) is 17.3. The number of imidazole rings is 1. The quantitative estimate of drug-likeness (QED) is 0.426. The molecule has 0 aliphatic heterocycles. The van der Waals surface area contributed by atoms with Gasteiger partial charge in [-0.3, -0.25) is 0 Å². The van der Waals surface area contributed by atoms with Crippen LogP contribution in [0.2, 0.25) is 0 Å². The van der Waals surface area contributed by atoms with Crippen LogP contribution in [0.4, 0.5) is 0 Å². The Morgan fingerprint density at radius 2 is 1.79 bits per heavy atom. The summed E-state index contributed by atoms with van der Waals surface area (Å²) in [6.45, 7) is 6.88. The molecule has 0 atom stereocenters. The summed E-state index contributed by atoms with van der Waals surface area (Å²) < 4.78 is 11.8. The van der Waals surface area contributed by atoms with Crippen molar-refractivity contribution in [3.8, 4) is 22.9 Å². The number of methoxy groups -OCH3 is 1. The van der Waals surface area contributed by atoms with Crippen LogP contribution in [0, 0.1) is 6.92 Å². The van der Waals surface area contributed by atoms with E-state index in [0.29, 0.717) is 12.5 Å². The second kappa shape index (κ2) is 8.00. The van der Waals surface area contributed by atoms with Crippen LogP contribution in [0.15, 0.2) is 60.7 Å². The molecule has 0 radical (unpaired) electrons. The molecular weight excluding hydrogens is 360 g/mol. The van der Waals surface area contributed by atoms with Crippen molar-refractivity contribution in [3.05, 3.63) is 77.4 Å². The predicted molar refractivity (Wildman–Crippen MR) is 118 cm³/mol. The number of nitrogens with zero attached hydrogens (tertiary/aromatic N) is 1. The van der Waals surface area contributed by atoms with Gasteiger partial charge in [-0.05, 0) is 60.4 Å². The van der Waals surface area contributed by atoms with Crippen molar-refractivity contribution in [1.82, 2.24) is 9.97 Å². The first-order chi connectivity index (χ1) is 14.0. The molecule has 0 saturated heterocycles. The highest BCUT2D eigenvalue weighted by atomic mass is 16.5. The molecule has 4 aromatic rings. The topological polar surface area (TPSA) is 47.1 Å². The van der Waals surface area contributed by atoms with Crippen LogP contribution >= 0.6 is 0 Å². The van der Waals surface area contributed by atoms with Crippen LogP contribution in [0.1, 0.15) is 36.5 Å². The zero-order chi connectivity index (χ0) is 20.4. The van der Waals surface area contributed by atoms with Crippen molar-refractivity contribution in [2.24, 2.45) is 0 Å². The van der Waals surface area contributed by atoms with E-state index in [2.05, 4.69) is 50.0 Å². The lowest BCUT2D eigenvalue weighted by Gasteiger charge is -2.16. The summed E-state index contributed by atoms with van der Waals surface area (Å²) in [5.41, 5.74) is 6.38. The van der Waals surface area contributed by atoms with Crippen molar-refractivity contribution in [1.29, 1.82) is 0 Å². The third-order valence-electron chi connectivity index (χ3n) is 5.12. The van der Waals surface area contributed by atoms with Crippen LogP contribution in [0.5, 0.6) is 11.5 Å². The van der Waals surface area contributed by atoms with E-state index < -0.39 is 0 Å². The lowest BCUT2D eigenvalue weighted by molar-refractivity contribution is 0.292. The van der Waals surface area contributed by atoms with Crippen molar-refractivity contribution in [2.45, 2.75) is 33.3 Å². The van der Waals surface area contributed by atoms with Crippen molar-refractivity contribution < 1.29 is 9.47 Å². The normalized spacial score (nSPS) is 11.2. The molecule has 0 spiro atoms. The number of benzene rings is 3. The first kappa shape index (κ1) is 19.1. The van der Waals surface area contributed by atoms with E-state index in [0.717, 1.165) is 39.5 Å². The summed E-state index contributed by atoms with van der Waals surface area (Å²) in [7, 11) is 1.69. The van der Waals surface area contributed by atoms with Gasteiger partial charge in [0.25, 0.3) is 0 Å². The third kappa shape index (κ3) is 3.97. The molecule has 0 unspecified atom stereocenters. The van der Waals surface area contributed by atoms with E-state index in [-0.39, 0.29) is 0 Å². The van der Waals surface area contributed by atoms with Gasteiger partial charge in [0.05, 0.1) is 18.1 Å². The van der Waals surface area contributed by atoms with Crippen LogP contribution in [-0.2, 0) is 6.61 Å². The maximum absolute atomic E-state index is 6.25. The first-order valence-corrected chi connectivity index (χ1v) is 9.90. The van der Waals surface area contributed by atoms with Gasteiger partial charge in [0, 0.05) is 11.1 Å². The predicted octanol–water partition coefficient (Wildman–Crippen LogP) is 6.25. The molecule has 0 amide bonds. The van der Waals surface area contributed by atoms with E-state index >= 15 is 0 Å². The van der Waals surface area contributed by atoms with Gasteiger partial charge in [-0.15, -0.1) is 0 Å². The Morgan fingerprint density at radius 1 is 0.966 bits per heavy atom. The monoisotopic (exact) mass is 386 g/mol. The molecule has 3 aromatic carbocycles. The number of fused-ring (bicyclic) bond motifs is 1. The molecule has 0 fully saturated rings. The van der Waals surface area contributed by atoms with E-state index in [1.54, 1.807) is 7.11 Å². The molecule has 0 bridgehead atoms. The highest BCUT2D eigenvalue weighted by molar-refractivity contribution is 5.79. The highest BCUT2D eigenvalue weighted by Crippen LogP contribution is 2.31. The molecule has 4 rings (SSSR count). The first-order valence-electron chi connectivity index (χ1n) is 9.90. The average molecular weight is 386 g/mol. The number of aryl methyl sites for hydroxylation is 1. The van der Waals surface area contributed by atoms with Crippen LogP contribution < -0.4 is 9.47 Å². The fourth-order valence-electron chi connectivity index (χ4n) is 3.53. The molecule has 0 saturated carbocycles. The van der Waals surface area contributed by atoms with Gasteiger partial charge in [-0.25, -0.2) is 4.98 Å². The Kier molecular flexibility index (Phi) is 5.26. The van der Waals surface area contributed by atoms with E-state index in [4.69, 9.17) is 14.5 Å². The van der Waals surface area contributed by atoms with E-state index in [1.165, 1.54) is 11.1 Å². The van der Waals surface area contributed by atoms with E-state index in [9.17, 15) is 0 Å². The van der Waals surface area contributed by atoms with Gasteiger partial charge in [0.1, 0.15) is 23.9 Å². The van der Waals surface area contributed by atoms with Gasteiger partial charge in [0.2, 0.25) is 0 Å². The molecule has 4 heteroatoms. The van der Waals surface area contributed by atoms with E-state index in [1.807, 2.05) is 36.4 Å². The molecule has 4 nitrogen and oxygen atoms in total. The molecule has 0 aliphatic rings. The lowest BCUT2D eigenvalue weighted by Crippen LogP contribution is -2.02. The van der Waals surface area contributed by atoms with Crippen LogP contribution in [0.3, 0.4) is 0 Å². The van der Waals surface area contributed by atoms with Crippen molar-refractivity contribution in [2.75, 3.05) is 7.11 Å². The minimum Gasteiger partial charge on any atom is -0.496 e. The van der Waals surface area contributed by atoms with Crippen molar-refractivity contribution in [3.63, 3.8) is 0 Å². The number of H-pyrrole nitrogens is 1. The van der Waals surface area contributed by atoms with Gasteiger partial charge < -0.3 is 14.5 Å². The fourth-order valence-corrected chi connectivity index (χ4v) is 3.53. The number of hydrogen-bond donors (Lipinski definition) is 1. The fraction of sp³-hybridized carbons (Fsp3) is 0.240. The zero-order valence-corrected chi connectivity index (χ0v) is 17.3. The van der Waals surface area contributed by atoms with Gasteiger partial charge in [0.15, 0.2) is 0 Å². The summed E-state index contributed by atoms with van der Waals surface area (Å²) in [5.74, 6) is 2.97. The van der Waals surface area contributed by atoms with Crippen LogP contribution in [0.25, 0.3) is 22.4 Å². The largest absolute Gasteiger partial charge is 0.496 e. The number of aromatic amines is 1. The highest BCUT2D eigenvalue weighted by Gasteiger charge is 2.13. The SMILES string of the molecule is COc1ccc(-c2nc3ccccc3[nH]2)cc1COc1cc(C)ccc1C(C)C. The van der Waals surface area contributed by atoms with Gasteiger partial charge in [-0.1, -0.05) is 38.1 Å². The molecular formula is C25H26N2O2. The molecule has 1 aromatic heterocycles. The molecule has 0 aliphatic carbocycles. The number of rotatable bonds is 6. The average Bonchev–Trinajstić information content (AvgIpc) is 3.16. The van der Waals surface area contributed by atoms with Gasteiger partial charge in [-0.2, -0.15) is 0 Å². The second-order valence-electron chi connectivity index (χ2n) is 7.61. The summed E-state index contributed by atoms with van der Waals surface area (Å²) in [5, 5.41) is 0. The summed E-state index contributed by atoms with van der Waals surface area (Å²) in [6, 6.07) is 20.5. The number of ether oxygens (including phenoxy) is 2. The molecule has 148 valence electrons. The van der Waals surface area contributed by atoms with Gasteiger partial charge >= 0.3 is 0 Å². The second-order valence-corrected chi connectivity index (χ2v) is 7.61. The Labute approximate surface area is 171 Å². The Bertz CT molecular complexity index is 1110. The minimum atomic E-state index is 0.398. The summed E-state index contributed by atoms with van der Waals surface area (Å²) >= 11 is 0. The summed E-state index contributed by atoms with van der Waals surface area (Å²) in [4.78, 5) is 8.10. The number of hydrogen-bond acceptors (Lipinski definition) is 3. The molecule has 29 heavy (non-hydrogen) atoms. The maximum atomic E-state index is 6.25. The standard InChI is InChI=1S/C25H26N2O2/c1-16(2)20-11-9-17(3)13-24(20)29-15-19-14-18(10-12-23(19)28-4)25-26-21-7-5-6-8-22(21)27-25/h5-14,16H,15H2,1-4H3,(H,26,27). The Balaban J connectivity index is 1.65. The number of aromatic nitrogens is 2. The Morgan fingerprint density at radius 3 is 2.55 bits per heavy atom.